The van der Waals surface area contributed by atoms with Crippen LogP contribution < -0.4 is 4.72 Å². The zero-order valence-corrected chi connectivity index (χ0v) is 15.3. The van der Waals surface area contributed by atoms with E-state index in [4.69, 9.17) is 23.2 Å². The predicted octanol–water partition coefficient (Wildman–Crippen LogP) is 2.22. The van der Waals surface area contributed by atoms with E-state index in [0.29, 0.717) is 17.3 Å². The number of hydrogen-bond acceptors (Lipinski definition) is 5. The van der Waals surface area contributed by atoms with Crippen LogP contribution in [0, 0.1) is 0 Å². The lowest BCUT2D eigenvalue weighted by Gasteiger charge is -2.39. The Morgan fingerprint density at radius 2 is 2.00 bits per heavy atom. The normalized spacial score (nSPS) is 22.2. The molecule has 0 aromatic carbocycles. The molecule has 128 valence electrons. The molecule has 0 atom stereocenters. The first kappa shape index (κ1) is 17.4. The molecular weight excluding hydrogens is 359 g/mol. The molecular formula is C14H20Cl2N4O2S. The first-order chi connectivity index (χ1) is 10.8. The van der Waals surface area contributed by atoms with Crippen LogP contribution in [0.5, 0.6) is 0 Å². The molecule has 1 saturated heterocycles. The molecule has 23 heavy (non-hydrogen) atoms. The Kier molecular flexibility index (Phi) is 4.86. The third kappa shape index (κ3) is 4.33. The average Bonchev–Trinajstić information content (AvgIpc) is 3.30. The van der Waals surface area contributed by atoms with E-state index in [1.807, 2.05) is 6.92 Å². The summed E-state index contributed by atoms with van der Waals surface area (Å²) in [6.45, 7) is 4.13. The van der Waals surface area contributed by atoms with E-state index in [1.165, 1.54) is 6.20 Å². The summed E-state index contributed by atoms with van der Waals surface area (Å²) in [5.41, 5.74) is 0.333. The van der Waals surface area contributed by atoms with Gasteiger partial charge in [-0.3, -0.25) is 4.90 Å². The van der Waals surface area contributed by atoms with Crippen molar-refractivity contribution in [2.75, 3.05) is 13.1 Å². The van der Waals surface area contributed by atoms with Crippen molar-refractivity contribution in [3.8, 4) is 0 Å². The maximum Gasteiger partial charge on any atom is 0.222 e. The molecule has 3 rings (SSSR count). The molecule has 0 unspecified atom stereocenters. The van der Waals surface area contributed by atoms with Crippen LogP contribution in [-0.2, 0) is 16.6 Å². The molecule has 1 aromatic rings. The molecule has 1 N–H and O–H groups in total. The van der Waals surface area contributed by atoms with Gasteiger partial charge in [-0.1, -0.05) is 11.6 Å². The Bertz CT molecular complexity index is 686. The van der Waals surface area contributed by atoms with Gasteiger partial charge in [0.2, 0.25) is 15.3 Å². The Balaban J connectivity index is 1.58. The second kappa shape index (κ2) is 6.44. The topological polar surface area (TPSA) is 75.2 Å². The van der Waals surface area contributed by atoms with Crippen LogP contribution >= 0.6 is 23.2 Å². The third-order valence-electron chi connectivity index (χ3n) is 4.47. The minimum atomic E-state index is -3.16. The highest BCUT2D eigenvalue weighted by atomic mass is 35.5. The molecule has 1 aliphatic heterocycles. The summed E-state index contributed by atoms with van der Waals surface area (Å²) < 4.78 is 27.2. The van der Waals surface area contributed by atoms with Gasteiger partial charge in [-0.2, -0.15) is 0 Å². The van der Waals surface area contributed by atoms with Crippen LogP contribution in [0.4, 0.5) is 0 Å². The summed E-state index contributed by atoms with van der Waals surface area (Å²) in [6, 6.07) is 0. The lowest BCUT2D eigenvalue weighted by molar-refractivity contribution is 0.154. The standard InChI is InChI=1S/C14H20Cl2N4O2S/c1-14(19-23(21,22)10-2-3-10)4-6-20(7-5-14)9-12-11(15)8-17-13(16)18-12/h8,10,19H,2-7,9H2,1H3. The average molecular weight is 379 g/mol. The molecule has 1 aromatic heterocycles. The molecule has 0 amide bonds. The van der Waals surface area contributed by atoms with Crippen molar-refractivity contribution < 1.29 is 8.42 Å². The van der Waals surface area contributed by atoms with Crippen LogP contribution in [0.15, 0.2) is 6.20 Å². The van der Waals surface area contributed by atoms with Gasteiger partial charge in [-0.05, 0) is 44.2 Å². The van der Waals surface area contributed by atoms with Gasteiger partial charge in [-0.25, -0.2) is 23.1 Å². The number of nitrogens with one attached hydrogen (secondary N) is 1. The quantitative estimate of drug-likeness (QED) is 0.794. The van der Waals surface area contributed by atoms with Gasteiger partial charge in [0.15, 0.2) is 0 Å². The van der Waals surface area contributed by atoms with E-state index in [9.17, 15) is 8.42 Å². The molecule has 0 radical (unpaired) electrons. The van der Waals surface area contributed by atoms with Crippen molar-refractivity contribution in [2.24, 2.45) is 0 Å². The van der Waals surface area contributed by atoms with E-state index in [0.717, 1.165) is 38.8 Å². The maximum atomic E-state index is 12.1. The molecule has 1 saturated carbocycles. The van der Waals surface area contributed by atoms with Gasteiger partial charge in [0.1, 0.15) is 0 Å². The Morgan fingerprint density at radius 3 is 2.61 bits per heavy atom. The fourth-order valence-electron chi connectivity index (χ4n) is 2.81. The first-order valence-corrected chi connectivity index (χ1v) is 10.00. The molecule has 0 spiro atoms. The zero-order chi connectivity index (χ0) is 16.7. The van der Waals surface area contributed by atoms with E-state index in [-0.39, 0.29) is 16.1 Å². The molecule has 1 aliphatic carbocycles. The SMILES string of the molecule is CC1(NS(=O)(=O)C2CC2)CCN(Cc2nc(Cl)ncc2Cl)CC1. The zero-order valence-electron chi connectivity index (χ0n) is 12.9. The third-order valence-corrected chi connectivity index (χ3v) is 7.10. The van der Waals surface area contributed by atoms with Crippen molar-refractivity contribution in [1.82, 2.24) is 19.6 Å². The maximum absolute atomic E-state index is 12.1. The number of halogens is 2. The van der Waals surface area contributed by atoms with E-state index in [2.05, 4.69) is 19.6 Å². The number of hydrogen-bond donors (Lipinski definition) is 1. The van der Waals surface area contributed by atoms with Crippen LogP contribution in [0.1, 0.15) is 38.3 Å². The molecule has 0 bridgehead atoms. The fraction of sp³-hybridized carbons (Fsp3) is 0.714. The van der Waals surface area contributed by atoms with Crippen molar-refractivity contribution in [2.45, 2.75) is 49.9 Å². The molecule has 6 nitrogen and oxygen atoms in total. The number of sulfonamides is 1. The van der Waals surface area contributed by atoms with Gasteiger partial charge in [0, 0.05) is 25.2 Å². The second-order valence-corrected chi connectivity index (χ2v) is 9.32. The summed E-state index contributed by atoms with van der Waals surface area (Å²) in [5, 5.41) is 0.500. The lowest BCUT2D eigenvalue weighted by atomic mass is 9.91. The van der Waals surface area contributed by atoms with Gasteiger partial charge >= 0.3 is 0 Å². The van der Waals surface area contributed by atoms with Crippen LogP contribution in [0.25, 0.3) is 0 Å². The summed E-state index contributed by atoms with van der Waals surface area (Å²) in [6.07, 6.45) is 4.59. The van der Waals surface area contributed by atoms with Gasteiger partial charge in [-0.15, -0.1) is 0 Å². The van der Waals surface area contributed by atoms with Gasteiger partial charge < -0.3 is 0 Å². The molecule has 2 fully saturated rings. The molecule has 2 aliphatic rings. The highest BCUT2D eigenvalue weighted by molar-refractivity contribution is 7.90. The van der Waals surface area contributed by atoms with Crippen LogP contribution in [-0.4, -0.2) is 47.2 Å². The largest absolute Gasteiger partial charge is 0.297 e. The number of aromatic nitrogens is 2. The van der Waals surface area contributed by atoms with Crippen molar-refractivity contribution in [3.05, 3.63) is 22.2 Å². The minimum Gasteiger partial charge on any atom is -0.297 e. The first-order valence-electron chi connectivity index (χ1n) is 7.69. The number of nitrogens with zero attached hydrogens (tertiary/aromatic N) is 3. The Morgan fingerprint density at radius 1 is 1.35 bits per heavy atom. The summed E-state index contributed by atoms with van der Waals surface area (Å²) in [5.74, 6) is 0. The second-order valence-electron chi connectivity index (χ2n) is 6.62. The number of likely N-dealkylation sites (tertiary alicyclic amines) is 1. The monoisotopic (exact) mass is 378 g/mol. The fourth-order valence-corrected chi connectivity index (χ4v) is 4.93. The van der Waals surface area contributed by atoms with Crippen LogP contribution in [0.2, 0.25) is 10.3 Å². The highest BCUT2D eigenvalue weighted by Crippen LogP contribution is 2.31. The molecule has 9 heteroatoms. The number of piperidine rings is 1. The van der Waals surface area contributed by atoms with Crippen LogP contribution in [0.3, 0.4) is 0 Å². The van der Waals surface area contributed by atoms with E-state index in [1.54, 1.807) is 0 Å². The predicted molar refractivity (Wildman–Crippen MR) is 90.0 cm³/mol. The summed E-state index contributed by atoms with van der Waals surface area (Å²) in [7, 11) is -3.16. The van der Waals surface area contributed by atoms with Crippen molar-refractivity contribution in [3.63, 3.8) is 0 Å². The number of rotatable bonds is 5. The highest BCUT2D eigenvalue weighted by Gasteiger charge is 2.41. The smallest absolute Gasteiger partial charge is 0.222 e. The van der Waals surface area contributed by atoms with Gasteiger partial charge in [0.25, 0.3) is 0 Å². The Hall–Kier alpha value is -0.470. The van der Waals surface area contributed by atoms with Crippen molar-refractivity contribution in [1.29, 1.82) is 0 Å². The van der Waals surface area contributed by atoms with Gasteiger partial charge in [0.05, 0.1) is 22.2 Å². The Labute approximate surface area is 146 Å². The van der Waals surface area contributed by atoms with E-state index < -0.39 is 10.0 Å². The molecule has 2 heterocycles. The van der Waals surface area contributed by atoms with Crippen molar-refractivity contribution >= 4 is 33.2 Å². The summed E-state index contributed by atoms with van der Waals surface area (Å²) in [4.78, 5) is 10.2. The summed E-state index contributed by atoms with van der Waals surface area (Å²) >= 11 is 11.9. The van der Waals surface area contributed by atoms with E-state index >= 15 is 0 Å². The lowest BCUT2D eigenvalue weighted by Crippen LogP contribution is -2.53. The minimum absolute atomic E-state index is 0.181.